The number of halogens is 1. The second-order valence-corrected chi connectivity index (χ2v) is 8.46. The van der Waals surface area contributed by atoms with Crippen LogP contribution in [0, 0.1) is 6.92 Å². The third kappa shape index (κ3) is 6.04. The third-order valence-electron chi connectivity index (χ3n) is 3.92. The smallest absolute Gasteiger partial charge is 0.232 e. The fourth-order valence-electron chi connectivity index (χ4n) is 2.50. The Morgan fingerprint density at radius 1 is 1.12 bits per heavy atom. The van der Waals surface area contributed by atoms with Gasteiger partial charge in [0.15, 0.2) is 0 Å². The summed E-state index contributed by atoms with van der Waals surface area (Å²) in [6.45, 7) is 2.55. The van der Waals surface area contributed by atoms with E-state index in [9.17, 15) is 13.2 Å². The largest absolute Gasteiger partial charge is 0.352 e. The topological polar surface area (TPSA) is 66.5 Å². The molecule has 0 aliphatic heterocycles. The molecule has 0 bridgehead atoms. The first-order valence-electron chi connectivity index (χ1n) is 8.32. The van der Waals surface area contributed by atoms with Crippen LogP contribution < -0.4 is 9.62 Å². The molecule has 0 unspecified atom stereocenters. The lowest BCUT2D eigenvalue weighted by atomic mass is 10.2. The highest BCUT2D eigenvalue weighted by Gasteiger charge is 2.17. The van der Waals surface area contributed by atoms with Crippen LogP contribution in [0.1, 0.15) is 24.0 Å². The molecule has 0 heterocycles. The van der Waals surface area contributed by atoms with Crippen LogP contribution >= 0.6 is 11.6 Å². The highest BCUT2D eigenvalue weighted by atomic mass is 35.5. The lowest BCUT2D eigenvalue weighted by molar-refractivity contribution is -0.121. The van der Waals surface area contributed by atoms with E-state index in [0.29, 0.717) is 23.7 Å². The predicted molar refractivity (Wildman–Crippen MR) is 106 cm³/mol. The Bertz CT molecular complexity index is 851. The van der Waals surface area contributed by atoms with Gasteiger partial charge in [-0.25, -0.2) is 8.42 Å². The van der Waals surface area contributed by atoms with Crippen LogP contribution in [0.15, 0.2) is 48.5 Å². The molecule has 0 fully saturated rings. The Kier molecular flexibility index (Phi) is 7.06. The molecule has 0 saturated heterocycles. The van der Waals surface area contributed by atoms with Crippen molar-refractivity contribution < 1.29 is 13.2 Å². The molecular weight excluding hydrogens is 372 g/mol. The number of benzene rings is 2. The Morgan fingerprint density at radius 2 is 1.77 bits per heavy atom. The minimum absolute atomic E-state index is 0.137. The molecule has 0 aromatic heterocycles. The molecule has 5 nitrogen and oxygen atoms in total. The van der Waals surface area contributed by atoms with Gasteiger partial charge in [-0.3, -0.25) is 9.10 Å². The van der Waals surface area contributed by atoms with Gasteiger partial charge in [0.1, 0.15) is 0 Å². The molecular formula is C19H23ClN2O3S. The summed E-state index contributed by atoms with van der Waals surface area (Å²) < 4.78 is 25.4. The molecule has 0 aliphatic carbocycles. The highest BCUT2D eigenvalue weighted by molar-refractivity contribution is 7.92. The van der Waals surface area contributed by atoms with E-state index in [-0.39, 0.29) is 18.9 Å². The van der Waals surface area contributed by atoms with Crippen LogP contribution in [0.5, 0.6) is 0 Å². The van der Waals surface area contributed by atoms with E-state index in [1.807, 2.05) is 37.3 Å². The Hall–Kier alpha value is -2.05. The summed E-state index contributed by atoms with van der Waals surface area (Å²) in [4.78, 5) is 12.0. The predicted octanol–water partition coefficient (Wildman–Crippen LogP) is 3.51. The fourth-order valence-corrected chi connectivity index (χ4v) is 3.67. The van der Waals surface area contributed by atoms with Crippen LogP contribution in [-0.2, 0) is 21.4 Å². The zero-order valence-electron chi connectivity index (χ0n) is 14.9. The van der Waals surface area contributed by atoms with Gasteiger partial charge in [0.25, 0.3) is 0 Å². The number of amides is 1. The Balaban J connectivity index is 1.88. The molecule has 26 heavy (non-hydrogen) atoms. The van der Waals surface area contributed by atoms with Crippen molar-refractivity contribution in [2.24, 2.45) is 0 Å². The number of hydrogen-bond acceptors (Lipinski definition) is 3. The second-order valence-electron chi connectivity index (χ2n) is 6.14. The summed E-state index contributed by atoms with van der Waals surface area (Å²) in [5, 5.41) is 3.42. The molecule has 0 atom stereocenters. The van der Waals surface area contributed by atoms with E-state index in [1.54, 1.807) is 18.2 Å². The van der Waals surface area contributed by atoms with Crippen molar-refractivity contribution >= 4 is 33.2 Å². The molecule has 7 heteroatoms. The van der Waals surface area contributed by atoms with Gasteiger partial charge in [-0.15, -0.1) is 0 Å². The number of nitrogens with zero attached hydrogens (tertiary/aromatic N) is 1. The molecule has 0 saturated carbocycles. The number of carbonyl (C=O) groups excluding carboxylic acids is 1. The van der Waals surface area contributed by atoms with Gasteiger partial charge in [-0.05, 0) is 37.1 Å². The Labute approximate surface area is 160 Å². The first-order chi connectivity index (χ1) is 12.3. The average Bonchev–Trinajstić information content (AvgIpc) is 2.58. The van der Waals surface area contributed by atoms with Crippen LogP contribution in [-0.4, -0.2) is 27.1 Å². The van der Waals surface area contributed by atoms with E-state index in [4.69, 9.17) is 11.6 Å². The first kappa shape index (κ1) is 20.3. The SMILES string of the molecule is Cc1ccc(N(CCCC(=O)NCc2ccccc2Cl)S(C)(=O)=O)cc1. The minimum atomic E-state index is -3.41. The lowest BCUT2D eigenvalue weighted by Crippen LogP contribution is -2.32. The summed E-state index contributed by atoms with van der Waals surface area (Å²) in [6.07, 6.45) is 1.84. The quantitative estimate of drug-likeness (QED) is 0.745. The molecule has 0 radical (unpaired) electrons. The van der Waals surface area contributed by atoms with Crippen molar-refractivity contribution in [2.75, 3.05) is 17.1 Å². The number of aryl methyl sites for hydroxylation is 1. The zero-order chi connectivity index (χ0) is 19.2. The van der Waals surface area contributed by atoms with Gasteiger partial charge in [-0.2, -0.15) is 0 Å². The maximum absolute atomic E-state index is 12.1. The van der Waals surface area contributed by atoms with Gasteiger partial charge < -0.3 is 5.32 Å². The van der Waals surface area contributed by atoms with Crippen molar-refractivity contribution in [3.05, 3.63) is 64.7 Å². The van der Waals surface area contributed by atoms with Crippen LogP contribution in [0.25, 0.3) is 0 Å². The number of rotatable bonds is 8. The molecule has 0 aliphatic rings. The van der Waals surface area contributed by atoms with Crippen LogP contribution in [0.2, 0.25) is 5.02 Å². The van der Waals surface area contributed by atoms with Gasteiger partial charge in [-0.1, -0.05) is 47.5 Å². The van der Waals surface area contributed by atoms with Gasteiger partial charge in [0, 0.05) is 24.5 Å². The first-order valence-corrected chi connectivity index (χ1v) is 10.5. The summed E-state index contributed by atoms with van der Waals surface area (Å²) in [5.74, 6) is -0.137. The van der Waals surface area contributed by atoms with Crippen molar-refractivity contribution in [2.45, 2.75) is 26.3 Å². The van der Waals surface area contributed by atoms with Crippen molar-refractivity contribution in [3.8, 4) is 0 Å². The van der Waals surface area contributed by atoms with E-state index in [0.717, 1.165) is 11.1 Å². The van der Waals surface area contributed by atoms with Gasteiger partial charge in [0.05, 0.1) is 11.9 Å². The van der Waals surface area contributed by atoms with Crippen molar-refractivity contribution in [1.82, 2.24) is 5.32 Å². The van der Waals surface area contributed by atoms with E-state index in [1.165, 1.54) is 10.6 Å². The van der Waals surface area contributed by atoms with E-state index in [2.05, 4.69) is 5.32 Å². The van der Waals surface area contributed by atoms with E-state index >= 15 is 0 Å². The fraction of sp³-hybridized carbons (Fsp3) is 0.316. The monoisotopic (exact) mass is 394 g/mol. The molecule has 2 aromatic rings. The number of nitrogens with one attached hydrogen (secondary N) is 1. The second kappa shape index (κ2) is 9.05. The summed E-state index contributed by atoms with van der Waals surface area (Å²) in [7, 11) is -3.41. The molecule has 2 rings (SSSR count). The lowest BCUT2D eigenvalue weighted by Gasteiger charge is -2.22. The van der Waals surface area contributed by atoms with Crippen LogP contribution in [0.3, 0.4) is 0 Å². The highest BCUT2D eigenvalue weighted by Crippen LogP contribution is 2.19. The summed E-state index contributed by atoms with van der Waals surface area (Å²) >= 11 is 6.06. The molecule has 2 aromatic carbocycles. The van der Waals surface area contributed by atoms with E-state index < -0.39 is 10.0 Å². The van der Waals surface area contributed by atoms with Gasteiger partial charge >= 0.3 is 0 Å². The van der Waals surface area contributed by atoms with Crippen molar-refractivity contribution in [3.63, 3.8) is 0 Å². The molecule has 1 amide bonds. The van der Waals surface area contributed by atoms with Crippen LogP contribution in [0.4, 0.5) is 5.69 Å². The van der Waals surface area contributed by atoms with Gasteiger partial charge in [0.2, 0.25) is 15.9 Å². The number of carbonyl (C=O) groups is 1. The molecule has 0 spiro atoms. The van der Waals surface area contributed by atoms with Crippen molar-refractivity contribution in [1.29, 1.82) is 0 Å². The average molecular weight is 395 g/mol. The minimum Gasteiger partial charge on any atom is -0.352 e. The molecule has 140 valence electrons. The number of anilines is 1. The standard InChI is InChI=1S/C19H23ClN2O3S/c1-15-9-11-17(12-10-15)22(26(2,24)25)13-5-8-19(23)21-14-16-6-3-4-7-18(16)20/h3-4,6-7,9-12H,5,8,13-14H2,1-2H3,(H,21,23). The maximum atomic E-state index is 12.1. The normalized spacial score (nSPS) is 11.2. The number of sulfonamides is 1. The maximum Gasteiger partial charge on any atom is 0.232 e. The third-order valence-corrected chi connectivity index (χ3v) is 5.48. The zero-order valence-corrected chi connectivity index (χ0v) is 16.5. The molecule has 1 N–H and O–H groups in total. The number of hydrogen-bond donors (Lipinski definition) is 1. The Morgan fingerprint density at radius 3 is 2.38 bits per heavy atom. The summed E-state index contributed by atoms with van der Waals surface area (Å²) in [6, 6.07) is 14.6. The summed E-state index contributed by atoms with van der Waals surface area (Å²) in [5.41, 5.74) is 2.51.